The summed E-state index contributed by atoms with van der Waals surface area (Å²) < 4.78 is 0. The molecular weight excluding hydrogens is 811 g/mol. The van der Waals surface area contributed by atoms with Gasteiger partial charge >= 0.3 is 5.97 Å². The fraction of sp³-hybridized carbons (Fsp3) is 0.500. The maximum Gasteiger partial charge on any atom is 0.306 e. The molecule has 2 aromatic heterocycles. The fourth-order valence-corrected chi connectivity index (χ4v) is 6.31. The summed E-state index contributed by atoms with van der Waals surface area (Å²) in [6, 6.07) is 4.62. The number of aromatic amines is 1. The van der Waals surface area contributed by atoms with Gasteiger partial charge in [0.05, 0.1) is 29.9 Å². The molecule has 0 aliphatic carbocycles. The second-order valence-electron chi connectivity index (χ2n) is 14.8. The summed E-state index contributed by atoms with van der Waals surface area (Å²) in [6.45, 7) is 5.05. The monoisotopic (exact) mass is 865 g/mol. The van der Waals surface area contributed by atoms with Gasteiger partial charge in [-0.05, 0) is 51.5 Å². The van der Waals surface area contributed by atoms with Crippen molar-refractivity contribution in [1.82, 2.24) is 35.9 Å². The van der Waals surface area contributed by atoms with E-state index >= 15 is 0 Å². The van der Waals surface area contributed by atoms with Crippen molar-refractivity contribution < 1.29 is 38.7 Å². The number of carbonyl (C=O) groups is 7. The van der Waals surface area contributed by atoms with E-state index in [2.05, 4.69) is 53.5 Å². The van der Waals surface area contributed by atoms with Gasteiger partial charge in [-0.1, -0.05) is 31.2 Å². The summed E-state index contributed by atoms with van der Waals surface area (Å²) in [5, 5.41) is 17.7. The van der Waals surface area contributed by atoms with Gasteiger partial charge in [0.2, 0.25) is 23.7 Å². The van der Waals surface area contributed by atoms with Crippen molar-refractivity contribution in [2.24, 2.45) is 34.2 Å². The molecule has 3 aromatic rings. The maximum atomic E-state index is 13.3. The quantitative estimate of drug-likeness (QED) is 0.0174. The molecule has 3 amide bonds. The van der Waals surface area contributed by atoms with Crippen LogP contribution < -0.4 is 38.7 Å². The number of carboxylic acids is 1. The molecule has 11 N–H and O–H groups in total. The highest BCUT2D eigenvalue weighted by Gasteiger charge is 2.29. The number of carboxylic acid groups (broad SMARTS) is 1. The Morgan fingerprint density at radius 2 is 1.54 bits per heavy atom. The number of nitrogen functional groups attached to an aromatic ring is 1. The Morgan fingerprint density at radius 3 is 2.20 bits per heavy atom. The zero-order chi connectivity index (χ0) is 45.2. The number of aliphatic imine (C=N–C) groups is 1. The molecule has 0 saturated carbocycles. The molecule has 1 aromatic carbocycles. The number of amides is 3. The summed E-state index contributed by atoms with van der Waals surface area (Å²) in [6.07, 6.45) is 1.70. The minimum Gasteiger partial charge on any atom is -0.481 e. The number of hydrogen-bond donors (Lipinski definition) is 9. The maximum absolute atomic E-state index is 13.3. The minimum absolute atomic E-state index is 0.0624. The molecule has 0 aliphatic rings. The molecule has 2 heterocycles. The molecule has 20 nitrogen and oxygen atoms in total. The third-order valence-corrected chi connectivity index (χ3v) is 10.0. The summed E-state index contributed by atoms with van der Waals surface area (Å²) in [5.74, 6) is -6.56. The van der Waals surface area contributed by atoms with Crippen LogP contribution in [-0.2, 0) is 41.6 Å². The lowest BCUT2D eigenvalue weighted by Gasteiger charge is -2.22. The number of rotatable bonds is 26. The number of aromatic nitrogens is 4. The van der Waals surface area contributed by atoms with Crippen LogP contribution in [-0.4, -0.2) is 103 Å². The van der Waals surface area contributed by atoms with Crippen LogP contribution in [0.2, 0.25) is 0 Å². The number of nitrogens with one attached hydrogen (secondary N) is 4. The van der Waals surface area contributed by atoms with E-state index in [0.29, 0.717) is 37.3 Å². The number of hydrogen-bond acceptors (Lipinski definition) is 14. The van der Waals surface area contributed by atoms with Gasteiger partial charge in [-0.25, -0.2) is 9.97 Å². The Bertz CT molecular complexity index is 2140. The number of ketones is 3. The SMILES string of the molecule is C[C@@H](CC(=O)[C@@H](C)NC(=O)[C@@H](CCCN=C(N)N)CC(=O)[C@@H](C)NC(=O)CC[C@@H](CC(=O)c1ccc(CCc2cnc3nc(N)[nH]c(=O)c3n2)cc1)C(=O)O)C(=O)NCCS. The molecular formula is C40H55N11O9S. The van der Waals surface area contributed by atoms with Crippen LogP contribution in [0.25, 0.3) is 11.2 Å². The molecule has 5 atom stereocenters. The van der Waals surface area contributed by atoms with E-state index in [0.717, 1.165) is 5.56 Å². The Hall–Kier alpha value is -6.25. The second-order valence-corrected chi connectivity index (χ2v) is 15.3. The number of guanidine groups is 1. The van der Waals surface area contributed by atoms with E-state index in [-0.39, 0.29) is 85.4 Å². The normalized spacial score (nSPS) is 13.5. The van der Waals surface area contributed by atoms with Gasteiger partial charge < -0.3 is 38.3 Å². The van der Waals surface area contributed by atoms with Crippen molar-refractivity contribution >= 4 is 76.7 Å². The fourth-order valence-electron chi connectivity index (χ4n) is 6.20. The van der Waals surface area contributed by atoms with E-state index < -0.39 is 64.7 Å². The molecule has 3 rings (SSSR count). The van der Waals surface area contributed by atoms with E-state index in [1.165, 1.54) is 20.0 Å². The number of anilines is 1. The van der Waals surface area contributed by atoms with E-state index in [1.54, 1.807) is 31.2 Å². The Labute approximate surface area is 357 Å². The first kappa shape index (κ1) is 49.1. The van der Waals surface area contributed by atoms with Crippen molar-refractivity contribution in [1.29, 1.82) is 0 Å². The molecule has 0 spiro atoms. The van der Waals surface area contributed by atoms with Crippen molar-refractivity contribution in [2.45, 2.75) is 90.6 Å². The highest BCUT2D eigenvalue weighted by molar-refractivity contribution is 7.80. The van der Waals surface area contributed by atoms with E-state index in [1.807, 2.05) is 0 Å². The first-order valence-corrected chi connectivity index (χ1v) is 20.5. The smallest absolute Gasteiger partial charge is 0.306 e. The van der Waals surface area contributed by atoms with Gasteiger partial charge in [0, 0.05) is 61.9 Å². The number of benzene rings is 1. The molecule has 0 unspecified atom stereocenters. The van der Waals surface area contributed by atoms with Gasteiger partial charge in [-0.2, -0.15) is 17.6 Å². The number of fused-ring (bicyclic) bond motifs is 1. The topological polar surface area (TPSA) is 338 Å². The summed E-state index contributed by atoms with van der Waals surface area (Å²) in [7, 11) is 0. The average molecular weight is 866 g/mol. The number of aryl methyl sites for hydroxylation is 2. The summed E-state index contributed by atoms with van der Waals surface area (Å²) in [4.78, 5) is 121. The number of nitrogens with two attached hydrogens (primary N) is 3. The van der Waals surface area contributed by atoms with Crippen LogP contribution in [0.5, 0.6) is 0 Å². The van der Waals surface area contributed by atoms with Crippen LogP contribution in [0.3, 0.4) is 0 Å². The van der Waals surface area contributed by atoms with E-state index in [4.69, 9.17) is 17.2 Å². The largest absolute Gasteiger partial charge is 0.481 e. The van der Waals surface area contributed by atoms with Crippen LogP contribution in [0, 0.1) is 17.8 Å². The molecule has 0 saturated heterocycles. The van der Waals surface area contributed by atoms with Gasteiger partial charge in [0.15, 0.2) is 34.5 Å². The lowest BCUT2D eigenvalue weighted by molar-refractivity contribution is -0.142. The van der Waals surface area contributed by atoms with Gasteiger partial charge in [0.1, 0.15) is 0 Å². The second kappa shape index (κ2) is 24.1. The summed E-state index contributed by atoms with van der Waals surface area (Å²) in [5.41, 5.74) is 17.7. The van der Waals surface area contributed by atoms with Crippen molar-refractivity contribution in [3.05, 3.63) is 57.6 Å². The zero-order valence-corrected chi connectivity index (χ0v) is 35.3. The van der Waals surface area contributed by atoms with Crippen LogP contribution >= 0.6 is 12.6 Å². The molecule has 0 radical (unpaired) electrons. The van der Waals surface area contributed by atoms with Crippen molar-refractivity contribution in [3.8, 4) is 0 Å². The molecule has 0 aliphatic heterocycles. The van der Waals surface area contributed by atoms with Crippen LogP contribution in [0.15, 0.2) is 40.2 Å². The van der Waals surface area contributed by atoms with Gasteiger partial charge in [0.25, 0.3) is 5.56 Å². The number of Topliss-reactive ketones (excluding diaryl/α,β-unsaturated/α-hetero) is 3. The van der Waals surface area contributed by atoms with Crippen molar-refractivity contribution in [3.63, 3.8) is 0 Å². The zero-order valence-electron chi connectivity index (χ0n) is 34.4. The third-order valence-electron chi connectivity index (χ3n) is 9.82. The average Bonchev–Trinajstić information content (AvgIpc) is 3.21. The molecule has 0 fully saturated rings. The summed E-state index contributed by atoms with van der Waals surface area (Å²) >= 11 is 4.05. The standard InChI is InChI=1S/C40H55N11O9S/c1-21(35(56)44-15-16-61)17-29(52)23(3)48-36(57)26(5-4-14-45-39(41)42)18-30(53)22(2)47-32(55)13-11-27(38(59)60)19-31(54)25-9-6-24(7-10-25)8-12-28-20-46-34-33(49-28)37(58)51-40(43)50-34/h6-7,9-10,20-23,26-27,61H,4-5,8,11-19H2,1-3H3,(H,44,56)(H,47,55)(H,48,57)(H,59,60)(H4,41,42,45)(H3,43,46,50,51,58)/t21-,22+,23+,26-,27-/m0/s1. The highest BCUT2D eigenvalue weighted by atomic mass is 32.1. The number of nitrogens with zero attached hydrogens (tertiary/aromatic N) is 4. The first-order chi connectivity index (χ1) is 28.9. The molecule has 61 heavy (non-hydrogen) atoms. The molecule has 330 valence electrons. The minimum atomic E-state index is -1.26. The number of thiol groups is 1. The number of carbonyl (C=O) groups excluding carboxylic acids is 6. The Balaban J connectivity index is 1.52. The first-order valence-electron chi connectivity index (χ1n) is 19.8. The lowest BCUT2D eigenvalue weighted by atomic mass is 9.92. The third kappa shape index (κ3) is 16.4. The highest BCUT2D eigenvalue weighted by Crippen LogP contribution is 2.19. The van der Waals surface area contributed by atoms with Crippen LogP contribution in [0.4, 0.5) is 5.95 Å². The number of aliphatic carboxylic acids is 1. The Morgan fingerprint density at radius 1 is 0.869 bits per heavy atom. The predicted octanol–water partition coefficient (Wildman–Crippen LogP) is 0.414. The van der Waals surface area contributed by atoms with Crippen molar-refractivity contribution in [2.75, 3.05) is 24.6 Å². The molecule has 21 heteroatoms. The molecule has 0 bridgehead atoms. The Kier molecular flexibility index (Phi) is 19.4. The van der Waals surface area contributed by atoms with Gasteiger partial charge in [-0.15, -0.1) is 0 Å². The van der Waals surface area contributed by atoms with E-state index in [9.17, 15) is 43.5 Å². The van der Waals surface area contributed by atoms with Gasteiger partial charge in [-0.3, -0.25) is 48.3 Å². The predicted molar refractivity (Wildman–Crippen MR) is 229 cm³/mol. The lowest BCUT2D eigenvalue weighted by Crippen LogP contribution is -2.45. The van der Waals surface area contributed by atoms with Crippen LogP contribution in [0.1, 0.15) is 87.3 Å². The number of H-pyrrole nitrogens is 1.